The minimum atomic E-state index is 0.0551. The second-order valence-electron chi connectivity index (χ2n) is 7.06. The molecule has 7 nitrogen and oxygen atoms in total. The van der Waals surface area contributed by atoms with Crippen LogP contribution in [0, 0.1) is 0 Å². The van der Waals surface area contributed by atoms with Crippen molar-refractivity contribution in [2.24, 2.45) is 0 Å². The molecule has 2 unspecified atom stereocenters. The van der Waals surface area contributed by atoms with Crippen LogP contribution in [0.25, 0.3) is 0 Å². The van der Waals surface area contributed by atoms with E-state index in [1.54, 1.807) is 0 Å². The summed E-state index contributed by atoms with van der Waals surface area (Å²) < 4.78 is 1.84. The van der Waals surface area contributed by atoms with Crippen molar-refractivity contribution in [3.8, 4) is 0 Å². The van der Waals surface area contributed by atoms with Gasteiger partial charge in [0.2, 0.25) is 11.1 Å². The van der Waals surface area contributed by atoms with E-state index in [2.05, 4.69) is 56.9 Å². The second kappa shape index (κ2) is 7.75. The first-order valence-corrected chi connectivity index (χ1v) is 10.2. The fraction of sp³-hybridized carbons (Fsp3) is 0.556. The molecule has 0 spiro atoms. The third kappa shape index (κ3) is 4.07. The minimum Gasteiger partial charge on any atom is -0.351 e. The molecule has 2 heterocycles. The number of amides is 1. The van der Waals surface area contributed by atoms with Crippen LogP contribution >= 0.6 is 11.8 Å². The van der Waals surface area contributed by atoms with E-state index in [9.17, 15) is 4.79 Å². The molecule has 1 N–H and O–H groups in total. The lowest BCUT2D eigenvalue weighted by Crippen LogP contribution is -2.38. The number of nitrogens with zero attached hydrogens (tertiary/aromatic N) is 5. The van der Waals surface area contributed by atoms with Gasteiger partial charge in [-0.25, -0.2) is 4.68 Å². The number of likely N-dealkylation sites (tertiary alicyclic amines) is 1. The quantitative estimate of drug-likeness (QED) is 0.750. The highest BCUT2D eigenvalue weighted by Crippen LogP contribution is 2.36. The summed E-state index contributed by atoms with van der Waals surface area (Å²) in [6.45, 7) is 4.13. The Morgan fingerprint density at radius 3 is 2.88 bits per heavy atom. The summed E-state index contributed by atoms with van der Waals surface area (Å²) in [5.74, 6) is 0.414. The van der Waals surface area contributed by atoms with E-state index < -0.39 is 0 Å². The monoisotopic (exact) mass is 372 g/mol. The Morgan fingerprint density at radius 2 is 2.12 bits per heavy atom. The van der Waals surface area contributed by atoms with Crippen LogP contribution in [0.1, 0.15) is 43.8 Å². The van der Waals surface area contributed by atoms with Gasteiger partial charge in [-0.1, -0.05) is 42.1 Å². The second-order valence-corrected chi connectivity index (χ2v) is 8.00. The van der Waals surface area contributed by atoms with E-state index in [4.69, 9.17) is 0 Å². The largest absolute Gasteiger partial charge is 0.351 e. The molecule has 138 valence electrons. The van der Waals surface area contributed by atoms with Gasteiger partial charge in [-0.3, -0.25) is 9.69 Å². The van der Waals surface area contributed by atoms with Gasteiger partial charge in [0.25, 0.3) is 0 Å². The van der Waals surface area contributed by atoms with Gasteiger partial charge in [-0.2, -0.15) is 0 Å². The molecule has 8 heteroatoms. The summed E-state index contributed by atoms with van der Waals surface area (Å²) in [4.78, 5) is 14.7. The van der Waals surface area contributed by atoms with Crippen molar-refractivity contribution in [2.75, 3.05) is 18.8 Å². The molecule has 26 heavy (non-hydrogen) atoms. The fourth-order valence-electron chi connectivity index (χ4n) is 3.43. The van der Waals surface area contributed by atoms with Crippen molar-refractivity contribution in [3.63, 3.8) is 0 Å². The normalized spacial score (nSPS) is 21.7. The standard InChI is InChI=1S/C18H24N6OS/c1-13(14-5-3-2-4-6-14)23-10-9-15(11-23)19-17(25)12-26-18-20-21-22-24(18)16-7-8-16/h2-6,13,15-16H,7-12H2,1H3,(H,19,25). The maximum atomic E-state index is 12.3. The lowest BCUT2D eigenvalue weighted by Gasteiger charge is -2.24. The van der Waals surface area contributed by atoms with E-state index in [-0.39, 0.29) is 11.9 Å². The third-order valence-corrected chi connectivity index (χ3v) is 6.04. The lowest BCUT2D eigenvalue weighted by molar-refractivity contribution is -0.119. The van der Waals surface area contributed by atoms with Gasteiger partial charge in [0, 0.05) is 25.2 Å². The average Bonchev–Trinajstić information content (AvgIpc) is 3.22. The van der Waals surface area contributed by atoms with Crippen LogP contribution in [0.2, 0.25) is 0 Å². The van der Waals surface area contributed by atoms with Gasteiger partial charge < -0.3 is 5.32 Å². The predicted molar refractivity (Wildman–Crippen MR) is 99.8 cm³/mol. The molecule has 0 radical (unpaired) electrons. The van der Waals surface area contributed by atoms with E-state index in [0.29, 0.717) is 17.8 Å². The Kier molecular flexibility index (Phi) is 5.21. The van der Waals surface area contributed by atoms with E-state index in [1.807, 2.05) is 10.7 Å². The van der Waals surface area contributed by atoms with Gasteiger partial charge in [0.1, 0.15) is 0 Å². The zero-order chi connectivity index (χ0) is 17.9. The first-order valence-electron chi connectivity index (χ1n) is 9.19. The molecule has 2 fully saturated rings. The Morgan fingerprint density at radius 1 is 1.31 bits per heavy atom. The van der Waals surface area contributed by atoms with Gasteiger partial charge in [0.05, 0.1) is 11.8 Å². The number of carbonyl (C=O) groups excluding carboxylic acids is 1. The summed E-state index contributed by atoms with van der Waals surface area (Å²) in [5.41, 5.74) is 1.32. The summed E-state index contributed by atoms with van der Waals surface area (Å²) in [7, 11) is 0. The van der Waals surface area contributed by atoms with Crippen molar-refractivity contribution < 1.29 is 4.79 Å². The molecule has 1 aromatic heterocycles. The third-order valence-electron chi connectivity index (χ3n) is 5.10. The van der Waals surface area contributed by atoms with Crippen molar-refractivity contribution in [3.05, 3.63) is 35.9 Å². The lowest BCUT2D eigenvalue weighted by atomic mass is 10.1. The number of hydrogen-bond donors (Lipinski definition) is 1. The van der Waals surface area contributed by atoms with Crippen LogP contribution in [-0.4, -0.2) is 55.9 Å². The Bertz CT molecular complexity index is 747. The summed E-state index contributed by atoms with van der Waals surface area (Å²) >= 11 is 1.42. The molecule has 0 bridgehead atoms. The van der Waals surface area contributed by atoms with Crippen molar-refractivity contribution in [1.29, 1.82) is 0 Å². The van der Waals surface area contributed by atoms with Crippen LogP contribution in [0.5, 0.6) is 0 Å². The van der Waals surface area contributed by atoms with Crippen LogP contribution in [0.4, 0.5) is 0 Å². The molecule has 1 aromatic carbocycles. The smallest absolute Gasteiger partial charge is 0.230 e. The average molecular weight is 372 g/mol. The first kappa shape index (κ1) is 17.5. The Balaban J connectivity index is 1.24. The number of benzene rings is 1. The van der Waals surface area contributed by atoms with Crippen LogP contribution in [0.15, 0.2) is 35.5 Å². The number of nitrogens with one attached hydrogen (secondary N) is 1. The molecule has 4 rings (SSSR count). The van der Waals surface area contributed by atoms with Gasteiger partial charge in [-0.15, -0.1) is 5.10 Å². The molecule has 1 aliphatic heterocycles. The molecule has 2 aromatic rings. The Hall–Kier alpha value is -1.93. The maximum Gasteiger partial charge on any atom is 0.230 e. The predicted octanol–water partition coefficient (Wildman–Crippen LogP) is 2.05. The molecule has 1 aliphatic carbocycles. The van der Waals surface area contributed by atoms with E-state index in [0.717, 1.165) is 37.5 Å². The van der Waals surface area contributed by atoms with E-state index in [1.165, 1.54) is 17.3 Å². The number of hydrogen-bond acceptors (Lipinski definition) is 6. The van der Waals surface area contributed by atoms with Crippen LogP contribution in [-0.2, 0) is 4.79 Å². The highest BCUT2D eigenvalue weighted by molar-refractivity contribution is 7.99. The zero-order valence-electron chi connectivity index (χ0n) is 14.9. The highest BCUT2D eigenvalue weighted by atomic mass is 32.2. The molecule has 1 saturated carbocycles. The maximum absolute atomic E-state index is 12.3. The van der Waals surface area contributed by atoms with Crippen molar-refractivity contribution in [2.45, 2.75) is 49.5 Å². The molecule has 1 amide bonds. The number of tetrazole rings is 1. The minimum absolute atomic E-state index is 0.0551. The molecule has 2 aliphatic rings. The van der Waals surface area contributed by atoms with Crippen molar-refractivity contribution in [1.82, 2.24) is 30.4 Å². The molecular formula is C18H24N6OS. The molecule has 1 saturated heterocycles. The fourth-order valence-corrected chi connectivity index (χ4v) is 4.18. The van der Waals surface area contributed by atoms with Gasteiger partial charge in [-0.05, 0) is 42.2 Å². The van der Waals surface area contributed by atoms with E-state index >= 15 is 0 Å². The Labute approximate surface area is 157 Å². The summed E-state index contributed by atoms with van der Waals surface area (Å²) in [6, 6.07) is 11.5. The topological polar surface area (TPSA) is 75.9 Å². The highest BCUT2D eigenvalue weighted by Gasteiger charge is 2.29. The number of aromatic nitrogens is 4. The van der Waals surface area contributed by atoms with Crippen LogP contribution in [0.3, 0.4) is 0 Å². The summed E-state index contributed by atoms with van der Waals surface area (Å²) in [5, 5.41) is 15.7. The molecule has 2 atom stereocenters. The van der Waals surface area contributed by atoms with Crippen LogP contribution < -0.4 is 5.32 Å². The summed E-state index contributed by atoms with van der Waals surface area (Å²) in [6.07, 6.45) is 3.25. The zero-order valence-corrected chi connectivity index (χ0v) is 15.7. The first-order chi connectivity index (χ1) is 12.7. The molecular weight excluding hydrogens is 348 g/mol. The number of thioether (sulfide) groups is 1. The van der Waals surface area contributed by atoms with Gasteiger partial charge >= 0.3 is 0 Å². The van der Waals surface area contributed by atoms with Crippen molar-refractivity contribution >= 4 is 17.7 Å². The SMILES string of the molecule is CC(c1ccccc1)N1CCC(NC(=O)CSc2nnnn2C2CC2)C1. The van der Waals surface area contributed by atoms with Gasteiger partial charge in [0.15, 0.2) is 0 Å². The number of rotatable bonds is 7. The number of carbonyl (C=O) groups is 1.